The third kappa shape index (κ3) is 2.82. The molecule has 1 aromatic rings. The van der Waals surface area contributed by atoms with E-state index in [9.17, 15) is 8.42 Å². The first-order valence-corrected chi connectivity index (χ1v) is 5.63. The number of imidazole rings is 1. The van der Waals surface area contributed by atoms with E-state index in [1.165, 1.54) is 6.20 Å². The highest BCUT2D eigenvalue weighted by molar-refractivity contribution is 7.88. The molecule has 0 fully saturated rings. The van der Waals surface area contributed by atoms with E-state index in [0.717, 1.165) is 0 Å². The lowest BCUT2D eigenvalue weighted by molar-refractivity contribution is 0.571. The molecular weight excluding hydrogens is 190 g/mol. The van der Waals surface area contributed by atoms with E-state index < -0.39 is 10.0 Å². The zero-order chi connectivity index (χ0) is 10.1. The second-order valence-corrected chi connectivity index (χ2v) is 4.81. The minimum absolute atomic E-state index is 0.162. The van der Waals surface area contributed by atoms with Crippen molar-refractivity contribution in [3.05, 3.63) is 18.2 Å². The number of aromatic nitrogens is 2. The molecule has 74 valence electrons. The van der Waals surface area contributed by atoms with Crippen molar-refractivity contribution >= 4 is 10.0 Å². The van der Waals surface area contributed by atoms with Crippen LogP contribution < -0.4 is 5.14 Å². The number of hydrogen-bond acceptors (Lipinski definition) is 3. The molecule has 1 rings (SSSR count). The van der Waals surface area contributed by atoms with Gasteiger partial charge in [-0.15, -0.1) is 0 Å². The van der Waals surface area contributed by atoms with Crippen LogP contribution in [0.25, 0.3) is 0 Å². The molecule has 0 spiro atoms. The predicted molar refractivity (Wildman–Crippen MR) is 49.4 cm³/mol. The third-order valence-corrected chi connectivity index (χ3v) is 2.35. The summed E-state index contributed by atoms with van der Waals surface area (Å²) in [7, 11) is -3.46. The van der Waals surface area contributed by atoms with E-state index in [4.69, 9.17) is 5.14 Å². The monoisotopic (exact) mass is 203 g/mol. The molecule has 0 aliphatic heterocycles. The van der Waals surface area contributed by atoms with Crippen LogP contribution >= 0.6 is 0 Å². The van der Waals surface area contributed by atoms with Gasteiger partial charge in [-0.05, 0) is 13.8 Å². The molecule has 0 bridgehead atoms. The standard InChI is InChI=1S/C7H13N3O2S/c1-6(2)10-5-9-3-7(10)4-13(8,11)12/h3,5-6H,4H2,1-2H3,(H2,8,11,12). The Hall–Kier alpha value is -0.880. The quantitative estimate of drug-likeness (QED) is 0.765. The average molecular weight is 203 g/mol. The summed E-state index contributed by atoms with van der Waals surface area (Å²) in [6.07, 6.45) is 3.12. The van der Waals surface area contributed by atoms with Crippen molar-refractivity contribution in [2.45, 2.75) is 25.6 Å². The maximum absolute atomic E-state index is 10.8. The van der Waals surface area contributed by atoms with Gasteiger partial charge in [0.25, 0.3) is 0 Å². The van der Waals surface area contributed by atoms with Gasteiger partial charge in [0.15, 0.2) is 0 Å². The lowest BCUT2D eigenvalue weighted by Gasteiger charge is -2.10. The molecule has 0 saturated heterocycles. The maximum Gasteiger partial charge on any atom is 0.214 e. The Balaban J connectivity index is 2.96. The fourth-order valence-electron chi connectivity index (χ4n) is 1.11. The van der Waals surface area contributed by atoms with E-state index in [1.807, 2.05) is 13.8 Å². The van der Waals surface area contributed by atoms with Gasteiger partial charge in [-0.2, -0.15) is 0 Å². The second-order valence-electron chi connectivity index (χ2n) is 3.19. The molecule has 5 nitrogen and oxygen atoms in total. The van der Waals surface area contributed by atoms with Crippen LogP contribution in [0, 0.1) is 0 Å². The molecule has 1 aromatic heterocycles. The minimum atomic E-state index is -3.46. The first-order valence-electron chi connectivity index (χ1n) is 3.91. The maximum atomic E-state index is 10.8. The zero-order valence-electron chi connectivity index (χ0n) is 7.64. The first kappa shape index (κ1) is 10.2. The molecule has 0 saturated carbocycles. The van der Waals surface area contributed by atoms with Crippen molar-refractivity contribution in [1.82, 2.24) is 9.55 Å². The molecule has 6 heteroatoms. The summed E-state index contributed by atoms with van der Waals surface area (Å²) in [5, 5.41) is 4.93. The Morgan fingerprint density at radius 2 is 2.23 bits per heavy atom. The Labute approximate surface area is 77.6 Å². The van der Waals surface area contributed by atoms with Crippen LogP contribution in [0.5, 0.6) is 0 Å². The first-order chi connectivity index (χ1) is 5.90. The molecule has 0 aliphatic carbocycles. The molecule has 0 amide bonds. The Kier molecular flexibility index (Phi) is 2.72. The van der Waals surface area contributed by atoms with Gasteiger partial charge in [-0.3, -0.25) is 0 Å². The van der Waals surface area contributed by atoms with Crippen LogP contribution in [0.4, 0.5) is 0 Å². The number of rotatable bonds is 3. The topological polar surface area (TPSA) is 78.0 Å². The Morgan fingerprint density at radius 3 is 2.69 bits per heavy atom. The van der Waals surface area contributed by atoms with Crippen molar-refractivity contribution in [1.29, 1.82) is 0 Å². The highest BCUT2D eigenvalue weighted by Gasteiger charge is 2.11. The highest BCUT2D eigenvalue weighted by Crippen LogP contribution is 2.10. The van der Waals surface area contributed by atoms with Crippen LogP contribution in [0.15, 0.2) is 12.5 Å². The number of hydrogen-bond donors (Lipinski definition) is 1. The Bertz CT molecular complexity index is 380. The molecular formula is C7H13N3O2S. The zero-order valence-corrected chi connectivity index (χ0v) is 8.45. The summed E-state index contributed by atoms with van der Waals surface area (Å²) in [4.78, 5) is 3.87. The van der Waals surface area contributed by atoms with Crippen molar-refractivity contribution in [2.75, 3.05) is 0 Å². The van der Waals surface area contributed by atoms with E-state index in [-0.39, 0.29) is 11.8 Å². The van der Waals surface area contributed by atoms with Gasteiger partial charge < -0.3 is 4.57 Å². The lowest BCUT2D eigenvalue weighted by Crippen LogP contribution is -2.17. The number of sulfonamides is 1. The summed E-state index contributed by atoms with van der Waals surface area (Å²) in [6, 6.07) is 0.194. The molecule has 1 heterocycles. The number of nitrogens with two attached hydrogens (primary N) is 1. The second kappa shape index (κ2) is 3.47. The van der Waals surface area contributed by atoms with Gasteiger partial charge in [0.1, 0.15) is 5.75 Å². The summed E-state index contributed by atoms with van der Waals surface area (Å²) < 4.78 is 23.4. The van der Waals surface area contributed by atoms with Crippen LogP contribution in [0.3, 0.4) is 0 Å². The summed E-state index contributed by atoms with van der Waals surface area (Å²) in [5.41, 5.74) is 0.623. The van der Waals surface area contributed by atoms with Crippen molar-refractivity contribution in [3.8, 4) is 0 Å². The van der Waals surface area contributed by atoms with Crippen molar-refractivity contribution < 1.29 is 8.42 Å². The van der Waals surface area contributed by atoms with Gasteiger partial charge in [-0.1, -0.05) is 0 Å². The molecule has 2 N–H and O–H groups in total. The van der Waals surface area contributed by atoms with Crippen molar-refractivity contribution in [3.63, 3.8) is 0 Å². The number of primary sulfonamides is 1. The van der Waals surface area contributed by atoms with E-state index in [1.54, 1.807) is 10.9 Å². The summed E-state index contributed by atoms with van der Waals surface area (Å²) >= 11 is 0. The Morgan fingerprint density at radius 1 is 1.62 bits per heavy atom. The van der Waals surface area contributed by atoms with Crippen LogP contribution in [-0.4, -0.2) is 18.0 Å². The largest absolute Gasteiger partial charge is 0.331 e. The molecule has 13 heavy (non-hydrogen) atoms. The lowest BCUT2D eigenvalue weighted by atomic mass is 10.4. The molecule has 0 radical (unpaired) electrons. The smallest absolute Gasteiger partial charge is 0.214 e. The molecule has 0 aliphatic rings. The fraction of sp³-hybridized carbons (Fsp3) is 0.571. The third-order valence-electron chi connectivity index (χ3n) is 1.65. The van der Waals surface area contributed by atoms with Gasteiger partial charge in [0, 0.05) is 12.2 Å². The summed E-state index contributed by atoms with van der Waals surface area (Å²) in [6.45, 7) is 3.91. The predicted octanol–water partition coefficient (Wildman–Crippen LogP) is 0.253. The average Bonchev–Trinajstić information content (AvgIpc) is 2.31. The summed E-state index contributed by atoms with van der Waals surface area (Å²) in [5.74, 6) is -0.162. The highest BCUT2D eigenvalue weighted by atomic mass is 32.2. The normalized spacial score (nSPS) is 12.3. The molecule has 0 atom stereocenters. The van der Waals surface area contributed by atoms with Crippen LogP contribution in [0.2, 0.25) is 0 Å². The SMILES string of the molecule is CC(C)n1cncc1CS(N)(=O)=O. The van der Waals surface area contributed by atoms with Gasteiger partial charge >= 0.3 is 0 Å². The van der Waals surface area contributed by atoms with Crippen LogP contribution in [0.1, 0.15) is 25.6 Å². The van der Waals surface area contributed by atoms with Gasteiger partial charge in [0.05, 0.1) is 12.0 Å². The van der Waals surface area contributed by atoms with E-state index >= 15 is 0 Å². The number of nitrogens with zero attached hydrogens (tertiary/aromatic N) is 2. The molecule has 0 aromatic carbocycles. The van der Waals surface area contributed by atoms with E-state index in [0.29, 0.717) is 5.69 Å². The minimum Gasteiger partial charge on any atom is -0.331 e. The van der Waals surface area contributed by atoms with E-state index in [2.05, 4.69) is 4.98 Å². The van der Waals surface area contributed by atoms with Crippen molar-refractivity contribution in [2.24, 2.45) is 5.14 Å². The van der Waals surface area contributed by atoms with Gasteiger partial charge in [0.2, 0.25) is 10.0 Å². The molecule has 0 unspecified atom stereocenters. The van der Waals surface area contributed by atoms with Gasteiger partial charge in [-0.25, -0.2) is 18.5 Å². The fourth-order valence-corrected chi connectivity index (χ4v) is 1.75. The van der Waals surface area contributed by atoms with Crippen LogP contribution in [-0.2, 0) is 15.8 Å².